The number of rotatable bonds is 6. The van der Waals surface area contributed by atoms with Crippen LogP contribution in [0.15, 0.2) is 24.3 Å². The van der Waals surface area contributed by atoms with Crippen LogP contribution in [0, 0.1) is 5.92 Å². The molecule has 0 radical (unpaired) electrons. The van der Waals surface area contributed by atoms with Crippen molar-refractivity contribution in [3.05, 3.63) is 34.9 Å². The first-order valence-electron chi connectivity index (χ1n) is 5.47. The van der Waals surface area contributed by atoms with Crippen molar-refractivity contribution in [1.82, 2.24) is 0 Å². The lowest BCUT2D eigenvalue weighted by molar-refractivity contribution is -0.0328. The maximum absolute atomic E-state index is 12.0. The van der Waals surface area contributed by atoms with Gasteiger partial charge in [0.1, 0.15) is 0 Å². The first-order chi connectivity index (χ1) is 8.42. The van der Waals surface area contributed by atoms with Gasteiger partial charge in [-0.05, 0) is 30.4 Å². The second-order valence-corrected chi connectivity index (χ2v) is 5.49. The lowest BCUT2D eigenvalue weighted by atomic mass is 9.98. The minimum absolute atomic E-state index is 0.0425. The van der Waals surface area contributed by atoms with Crippen molar-refractivity contribution in [3.8, 4) is 0 Å². The van der Waals surface area contributed by atoms with Gasteiger partial charge in [-0.15, -0.1) is 0 Å². The largest absolute Gasteiger partial charge is 0.441 e. The molecule has 0 amide bonds. The van der Waals surface area contributed by atoms with Crippen LogP contribution in [0.1, 0.15) is 12.0 Å². The Morgan fingerprint density at radius 3 is 2.50 bits per heavy atom. The number of aliphatic hydroxyl groups excluding tert-OH is 1. The number of hydrogen-bond acceptors (Lipinski definition) is 2. The van der Waals surface area contributed by atoms with E-state index in [1.807, 2.05) is 12.1 Å². The molecule has 6 heteroatoms. The van der Waals surface area contributed by atoms with Crippen LogP contribution in [0.25, 0.3) is 0 Å². The van der Waals surface area contributed by atoms with Crippen LogP contribution < -0.4 is 0 Å². The van der Waals surface area contributed by atoms with E-state index in [2.05, 4.69) is 0 Å². The standard InChI is InChI=1S/C12H14ClF3OS/c13-11-4-2-1-3-10(11)7-9(8-17)5-6-18-12(14,15)16/h1-4,9,17H,5-8H2. The Hall–Kier alpha value is -0.390. The van der Waals surface area contributed by atoms with Gasteiger partial charge < -0.3 is 5.11 Å². The van der Waals surface area contributed by atoms with Gasteiger partial charge in [-0.1, -0.05) is 41.6 Å². The van der Waals surface area contributed by atoms with Gasteiger partial charge in [-0.2, -0.15) is 13.2 Å². The minimum atomic E-state index is -4.20. The van der Waals surface area contributed by atoms with Crippen molar-refractivity contribution >= 4 is 23.4 Å². The highest BCUT2D eigenvalue weighted by molar-refractivity contribution is 8.00. The molecule has 0 aromatic heterocycles. The third-order valence-electron chi connectivity index (χ3n) is 2.52. The van der Waals surface area contributed by atoms with Crippen molar-refractivity contribution in [2.24, 2.45) is 5.92 Å². The summed E-state index contributed by atoms with van der Waals surface area (Å²) < 4.78 is 35.9. The molecule has 18 heavy (non-hydrogen) atoms. The van der Waals surface area contributed by atoms with Crippen molar-refractivity contribution in [2.45, 2.75) is 18.3 Å². The summed E-state index contributed by atoms with van der Waals surface area (Å²) in [4.78, 5) is 0. The minimum Gasteiger partial charge on any atom is -0.396 e. The average Bonchev–Trinajstić information content (AvgIpc) is 2.29. The summed E-state index contributed by atoms with van der Waals surface area (Å²) in [7, 11) is 0. The number of thioether (sulfide) groups is 1. The van der Waals surface area contributed by atoms with Gasteiger partial charge in [0.05, 0.1) is 0 Å². The van der Waals surface area contributed by atoms with E-state index in [-0.39, 0.29) is 30.0 Å². The van der Waals surface area contributed by atoms with Crippen LogP contribution in [0.5, 0.6) is 0 Å². The zero-order valence-corrected chi connectivity index (χ0v) is 11.2. The van der Waals surface area contributed by atoms with Gasteiger partial charge in [-0.25, -0.2) is 0 Å². The molecule has 0 aliphatic rings. The molecule has 0 saturated heterocycles. The van der Waals surface area contributed by atoms with E-state index >= 15 is 0 Å². The summed E-state index contributed by atoms with van der Waals surface area (Å²) in [6.07, 6.45) is 0.806. The molecule has 0 bridgehead atoms. The van der Waals surface area contributed by atoms with E-state index in [1.165, 1.54) is 0 Å². The number of alkyl halides is 3. The van der Waals surface area contributed by atoms with E-state index in [4.69, 9.17) is 11.6 Å². The molecule has 1 unspecified atom stereocenters. The average molecular weight is 299 g/mol. The summed E-state index contributed by atoms with van der Waals surface area (Å²) in [5, 5.41) is 9.76. The van der Waals surface area contributed by atoms with Crippen LogP contribution in [-0.4, -0.2) is 23.0 Å². The monoisotopic (exact) mass is 298 g/mol. The Morgan fingerprint density at radius 2 is 1.94 bits per heavy atom. The van der Waals surface area contributed by atoms with E-state index in [0.29, 0.717) is 17.9 Å². The predicted molar refractivity (Wildman–Crippen MR) is 68.9 cm³/mol. The van der Waals surface area contributed by atoms with Crippen molar-refractivity contribution in [1.29, 1.82) is 0 Å². The van der Waals surface area contributed by atoms with Gasteiger partial charge in [-0.3, -0.25) is 0 Å². The fourth-order valence-electron chi connectivity index (χ4n) is 1.57. The zero-order chi connectivity index (χ0) is 13.6. The third-order valence-corrected chi connectivity index (χ3v) is 3.65. The van der Waals surface area contributed by atoms with E-state index in [1.54, 1.807) is 12.1 Å². The highest BCUT2D eigenvalue weighted by atomic mass is 35.5. The second kappa shape index (κ2) is 7.26. The number of aliphatic hydroxyl groups is 1. The van der Waals surface area contributed by atoms with Gasteiger partial charge in [0.2, 0.25) is 0 Å². The van der Waals surface area contributed by atoms with Crippen molar-refractivity contribution in [3.63, 3.8) is 0 Å². The molecule has 1 N–H and O–H groups in total. The molecule has 102 valence electrons. The summed E-state index contributed by atoms with van der Waals surface area (Å²) >= 11 is 5.91. The maximum atomic E-state index is 12.0. The molecule has 0 aliphatic heterocycles. The molecular formula is C12H14ClF3OS. The third kappa shape index (κ3) is 5.98. The fraction of sp³-hybridized carbons (Fsp3) is 0.500. The zero-order valence-electron chi connectivity index (χ0n) is 9.58. The Labute approximate surface area is 113 Å². The Morgan fingerprint density at radius 1 is 1.28 bits per heavy atom. The molecule has 0 saturated carbocycles. The normalized spacial score (nSPS) is 13.6. The van der Waals surface area contributed by atoms with E-state index < -0.39 is 5.51 Å². The number of hydrogen-bond donors (Lipinski definition) is 1. The molecule has 0 aliphatic carbocycles. The molecule has 0 heterocycles. The second-order valence-electron chi connectivity index (χ2n) is 3.93. The van der Waals surface area contributed by atoms with E-state index in [0.717, 1.165) is 5.56 Å². The quantitative estimate of drug-likeness (QED) is 0.852. The molecule has 1 aromatic carbocycles. The van der Waals surface area contributed by atoms with E-state index in [9.17, 15) is 18.3 Å². The lowest BCUT2D eigenvalue weighted by Gasteiger charge is -2.15. The smallest absolute Gasteiger partial charge is 0.396 e. The van der Waals surface area contributed by atoms with Gasteiger partial charge >= 0.3 is 5.51 Å². The van der Waals surface area contributed by atoms with Gasteiger partial charge in [0.25, 0.3) is 0 Å². The first-order valence-corrected chi connectivity index (χ1v) is 6.83. The molecule has 1 nitrogen and oxygen atoms in total. The summed E-state index contributed by atoms with van der Waals surface area (Å²) in [6, 6.07) is 7.16. The van der Waals surface area contributed by atoms with Crippen LogP contribution in [-0.2, 0) is 6.42 Å². The molecule has 1 atom stereocenters. The predicted octanol–water partition coefficient (Wildman–Crippen LogP) is 4.13. The molecular weight excluding hydrogens is 285 g/mol. The van der Waals surface area contributed by atoms with Crippen LogP contribution in [0.2, 0.25) is 5.02 Å². The van der Waals surface area contributed by atoms with Crippen molar-refractivity contribution < 1.29 is 18.3 Å². The lowest BCUT2D eigenvalue weighted by Crippen LogP contribution is -2.12. The summed E-state index contributed by atoms with van der Waals surface area (Å²) in [5.41, 5.74) is -3.35. The highest BCUT2D eigenvalue weighted by Crippen LogP contribution is 2.31. The topological polar surface area (TPSA) is 20.2 Å². The molecule has 0 spiro atoms. The van der Waals surface area contributed by atoms with Gasteiger partial charge in [0.15, 0.2) is 0 Å². The highest BCUT2D eigenvalue weighted by Gasteiger charge is 2.28. The summed E-state index contributed by atoms with van der Waals surface area (Å²) in [5.74, 6) is -0.237. The SMILES string of the molecule is OCC(CCSC(F)(F)F)Cc1ccccc1Cl. The Bertz CT molecular complexity index is 371. The maximum Gasteiger partial charge on any atom is 0.441 e. The number of halogens is 4. The first kappa shape index (κ1) is 15.7. The molecule has 0 fully saturated rings. The Balaban J connectivity index is 2.45. The van der Waals surface area contributed by atoms with Crippen LogP contribution >= 0.6 is 23.4 Å². The molecule has 1 aromatic rings. The van der Waals surface area contributed by atoms with Crippen LogP contribution in [0.4, 0.5) is 13.2 Å². The number of benzene rings is 1. The Kier molecular flexibility index (Phi) is 6.32. The molecule has 1 rings (SSSR count). The van der Waals surface area contributed by atoms with Crippen molar-refractivity contribution in [2.75, 3.05) is 12.4 Å². The fourth-order valence-corrected chi connectivity index (χ4v) is 2.47. The summed E-state index contributed by atoms with van der Waals surface area (Å²) in [6.45, 7) is -0.135. The van der Waals surface area contributed by atoms with Crippen LogP contribution in [0.3, 0.4) is 0 Å². The van der Waals surface area contributed by atoms with Gasteiger partial charge in [0, 0.05) is 17.4 Å².